The minimum Gasteiger partial charge on any atom is -0.492 e. The van der Waals surface area contributed by atoms with Crippen LogP contribution in [0, 0.1) is 0 Å². The first-order valence-corrected chi connectivity index (χ1v) is 13.2. The molecule has 0 saturated carbocycles. The van der Waals surface area contributed by atoms with Crippen LogP contribution in [-0.4, -0.2) is 47.7 Å². The van der Waals surface area contributed by atoms with Gasteiger partial charge in [0.1, 0.15) is 12.3 Å². The number of hydrogen-bond acceptors (Lipinski definition) is 7. The number of anilines is 1. The number of imide groups is 1. The first-order chi connectivity index (χ1) is 17.2. The molecule has 1 N–H and O–H groups in total. The highest BCUT2D eigenvalue weighted by Gasteiger charge is 2.36. The lowest BCUT2D eigenvalue weighted by Gasteiger charge is -2.13. The Labute approximate surface area is 226 Å². The second-order valence-electron chi connectivity index (χ2n) is 7.68. The van der Waals surface area contributed by atoms with E-state index in [4.69, 9.17) is 21.1 Å². The van der Waals surface area contributed by atoms with Crippen molar-refractivity contribution in [3.63, 3.8) is 0 Å². The van der Waals surface area contributed by atoms with Gasteiger partial charge in [0, 0.05) is 5.69 Å². The number of nitrogens with zero attached hydrogens (tertiary/aromatic N) is 1. The molecular formula is C25H24BrClN2O6S. The summed E-state index contributed by atoms with van der Waals surface area (Å²) in [5, 5.41) is 2.21. The van der Waals surface area contributed by atoms with E-state index < -0.39 is 29.6 Å². The lowest BCUT2D eigenvalue weighted by Crippen LogP contribution is -2.36. The van der Waals surface area contributed by atoms with Crippen LogP contribution >= 0.6 is 39.3 Å². The number of carbonyl (C=O) groups is 4. The zero-order valence-corrected chi connectivity index (χ0v) is 22.8. The average molecular weight is 596 g/mol. The Kier molecular flexibility index (Phi) is 9.98. The summed E-state index contributed by atoms with van der Waals surface area (Å²) >= 11 is 10.3. The number of carbonyl (C=O) groups excluding carboxylic acids is 4. The lowest BCUT2D eigenvalue weighted by atomic mass is 10.2. The predicted octanol–water partition coefficient (Wildman–Crippen LogP) is 6.13. The van der Waals surface area contributed by atoms with E-state index in [0.717, 1.165) is 27.6 Å². The second kappa shape index (κ2) is 12.9. The molecule has 1 saturated heterocycles. The van der Waals surface area contributed by atoms with Crippen molar-refractivity contribution in [2.24, 2.45) is 0 Å². The normalized spacial score (nSPS) is 14.3. The Morgan fingerprint density at radius 3 is 2.56 bits per heavy atom. The van der Waals surface area contributed by atoms with Gasteiger partial charge in [0.05, 0.1) is 33.2 Å². The van der Waals surface area contributed by atoms with Crippen LogP contribution in [0.1, 0.15) is 42.6 Å². The van der Waals surface area contributed by atoms with E-state index in [1.165, 1.54) is 18.2 Å². The monoisotopic (exact) mass is 594 g/mol. The van der Waals surface area contributed by atoms with Crippen molar-refractivity contribution in [2.75, 3.05) is 25.1 Å². The summed E-state index contributed by atoms with van der Waals surface area (Å²) in [6, 6.07) is 9.70. The molecule has 1 fully saturated rings. The van der Waals surface area contributed by atoms with Crippen LogP contribution in [0.15, 0.2) is 45.8 Å². The molecule has 1 heterocycles. The van der Waals surface area contributed by atoms with E-state index in [1.54, 1.807) is 24.3 Å². The van der Waals surface area contributed by atoms with Crippen LogP contribution in [0.5, 0.6) is 5.75 Å². The molecule has 11 heteroatoms. The van der Waals surface area contributed by atoms with E-state index in [-0.39, 0.29) is 27.8 Å². The maximum absolute atomic E-state index is 12.8. The molecule has 0 radical (unpaired) electrons. The minimum atomic E-state index is -0.606. The number of esters is 1. The van der Waals surface area contributed by atoms with Crippen molar-refractivity contribution >= 4 is 74.1 Å². The molecule has 190 valence electrons. The van der Waals surface area contributed by atoms with Gasteiger partial charge in [-0.1, -0.05) is 31.5 Å². The van der Waals surface area contributed by atoms with Gasteiger partial charge < -0.3 is 14.8 Å². The fourth-order valence-electron chi connectivity index (χ4n) is 3.10. The van der Waals surface area contributed by atoms with Gasteiger partial charge >= 0.3 is 5.97 Å². The van der Waals surface area contributed by atoms with Crippen molar-refractivity contribution in [2.45, 2.75) is 26.7 Å². The molecule has 0 bridgehead atoms. The van der Waals surface area contributed by atoms with Gasteiger partial charge in [-0.3, -0.25) is 19.3 Å². The smallest absolute Gasteiger partial charge is 0.339 e. The molecule has 0 aliphatic carbocycles. The van der Waals surface area contributed by atoms with E-state index in [0.29, 0.717) is 24.3 Å². The fraction of sp³-hybridized carbons (Fsp3) is 0.280. The van der Waals surface area contributed by atoms with Crippen LogP contribution < -0.4 is 10.1 Å². The molecule has 0 aromatic heterocycles. The van der Waals surface area contributed by atoms with Crippen LogP contribution in [-0.2, 0) is 14.3 Å². The number of benzene rings is 2. The van der Waals surface area contributed by atoms with Gasteiger partial charge in [0.15, 0.2) is 0 Å². The second-order valence-corrected chi connectivity index (χ2v) is 9.94. The first kappa shape index (κ1) is 27.8. The molecular weight excluding hydrogens is 572 g/mol. The van der Waals surface area contributed by atoms with Crippen molar-refractivity contribution in [1.29, 1.82) is 0 Å². The summed E-state index contributed by atoms with van der Waals surface area (Å²) in [7, 11) is 0. The largest absolute Gasteiger partial charge is 0.492 e. The van der Waals surface area contributed by atoms with E-state index in [2.05, 4.69) is 21.2 Å². The van der Waals surface area contributed by atoms with Gasteiger partial charge in [-0.25, -0.2) is 4.79 Å². The summed E-state index contributed by atoms with van der Waals surface area (Å²) in [6.07, 6.45) is 3.12. The molecule has 8 nitrogen and oxygen atoms in total. The zero-order valence-electron chi connectivity index (χ0n) is 19.6. The molecule has 3 rings (SSSR count). The summed E-state index contributed by atoms with van der Waals surface area (Å²) in [5.41, 5.74) is 1.09. The highest BCUT2D eigenvalue weighted by atomic mass is 79.9. The Balaban J connectivity index is 1.66. The van der Waals surface area contributed by atoms with Gasteiger partial charge in [-0.15, -0.1) is 0 Å². The number of hydrogen-bond donors (Lipinski definition) is 1. The van der Waals surface area contributed by atoms with E-state index in [9.17, 15) is 19.2 Å². The summed E-state index contributed by atoms with van der Waals surface area (Å²) < 4.78 is 11.4. The third-order valence-corrected chi connectivity index (χ3v) is 6.65. The number of rotatable bonds is 10. The van der Waals surface area contributed by atoms with Crippen LogP contribution in [0.25, 0.3) is 6.08 Å². The van der Waals surface area contributed by atoms with Crippen molar-refractivity contribution in [1.82, 2.24) is 4.90 Å². The highest BCUT2D eigenvalue weighted by molar-refractivity contribution is 9.10. The predicted molar refractivity (Wildman–Crippen MR) is 143 cm³/mol. The van der Waals surface area contributed by atoms with Gasteiger partial charge in [-0.2, -0.15) is 0 Å². The van der Waals surface area contributed by atoms with Crippen molar-refractivity contribution in [3.8, 4) is 5.75 Å². The number of ether oxygens (including phenoxy) is 2. The zero-order chi connectivity index (χ0) is 26.2. The van der Waals surface area contributed by atoms with Crippen molar-refractivity contribution in [3.05, 3.63) is 61.9 Å². The highest BCUT2D eigenvalue weighted by Crippen LogP contribution is 2.34. The number of nitrogens with one attached hydrogen (secondary N) is 1. The molecule has 1 aliphatic rings. The molecule has 0 spiro atoms. The topological polar surface area (TPSA) is 102 Å². The van der Waals surface area contributed by atoms with Gasteiger partial charge in [-0.05, 0) is 82.5 Å². The molecule has 3 amide bonds. The molecule has 2 aromatic rings. The Morgan fingerprint density at radius 2 is 1.86 bits per heavy atom. The molecule has 0 atom stereocenters. The Hall–Kier alpha value is -2.82. The summed E-state index contributed by atoms with van der Waals surface area (Å²) in [5.74, 6) is -1.09. The quantitative estimate of drug-likeness (QED) is 0.260. The third-order valence-electron chi connectivity index (χ3n) is 4.80. The Morgan fingerprint density at radius 1 is 1.11 bits per heavy atom. The summed E-state index contributed by atoms with van der Waals surface area (Å²) in [4.78, 5) is 51.1. The van der Waals surface area contributed by atoms with Gasteiger partial charge in [0.2, 0.25) is 5.91 Å². The average Bonchev–Trinajstić information content (AvgIpc) is 3.10. The summed E-state index contributed by atoms with van der Waals surface area (Å²) in [6.45, 7) is 4.22. The number of halogens is 2. The van der Waals surface area contributed by atoms with Crippen LogP contribution in [0.4, 0.5) is 10.5 Å². The third kappa shape index (κ3) is 7.11. The molecule has 0 unspecified atom stereocenters. The van der Waals surface area contributed by atoms with Crippen LogP contribution in [0.3, 0.4) is 0 Å². The maximum atomic E-state index is 12.8. The number of amides is 3. The maximum Gasteiger partial charge on any atom is 0.339 e. The van der Waals surface area contributed by atoms with E-state index in [1.807, 2.05) is 13.8 Å². The standard InChI is InChI=1S/C25H24BrClN2O6S/c1-3-9-34-20-8-5-15(11-18(20)26)12-21-23(31)29(25(33)36-21)14-22(30)28-16-6-7-19(27)17(13-16)24(32)35-10-4-2/h5-8,11-13H,3-4,9-10,14H2,1-2H3,(H,28,30)/b21-12-. The Bertz CT molecular complexity index is 1220. The first-order valence-electron chi connectivity index (χ1n) is 11.2. The minimum absolute atomic E-state index is 0.106. The molecule has 1 aliphatic heterocycles. The SMILES string of the molecule is CCCOC(=O)c1cc(NC(=O)CN2C(=O)S/C(=C\c3ccc(OCCC)c(Br)c3)C2=O)ccc1Cl. The number of thioether (sulfide) groups is 1. The van der Waals surface area contributed by atoms with Crippen LogP contribution in [0.2, 0.25) is 5.02 Å². The van der Waals surface area contributed by atoms with Crippen molar-refractivity contribution < 1.29 is 28.7 Å². The molecule has 2 aromatic carbocycles. The lowest BCUT2D eigenvalue weighted by molar-refractivity contribution is -0.127. The van der Waals surface area contributed by atoms with Gasteiger partial charge in [0.25, 0.3) is 11.1 Å². The fourth-order valence-corrected chi connectivity index (χ4v) is 4.64. The van der Waals surface area contributed by atoms with E-state index >= 15 is 0 Å². The molecule has 36 heavy (non-hydrogen) atoms.